The Morgan fingerprint density at radius 2 is 2.45 bits per heavy atom. The predicted molar refractivity (Wildman–Crippen MR) is 48.3 cm³/mol. The Hall–Kier alpha value is -0.350. The third-order valence-electron chi connectivity index (χ3n) is 1.48. The average molecular weight is 218 g/mol. The molecule has 0 bridgehead atoms. The molecule has 1 heterocycles. The molecular weight excluding hydrogens is 206 g/mol. The molecule has 62 valence electrons. The molecule has 1 rings (SSSR count). The van der Waals surface area contributed by atoms with Crippen LogP contribution in [0.5, 0.6) is 0 Å². The maximum atomic E-state index is 5.65. The number of halogens is 1. The molecule has 1 aromatic heterocycles. The highest BCUT2D eigenvalue weighted by atomic mass is 79.9. The van der Waals surface area contributed by atoms with Gasteiger partial charge in [0.05, 0.1) is 6.20 Å². The zero-order valence-corrected chi connectivity index (χ0v) is 8.30. The fourth-order valence-corrected chi connectivity index (χ4v) is 1.45. The summed E-state index contributed by atoms with van der Waals surface area (Å²) in [5, 5.41) is 0. The van der Waals surface area contributed by atoms with Gasteiger partial charge in [0.15, 0.2) is 0 Å². The molecule has 1 atom stereocenters. The SMILES string of the molecule is Cc1ncc(Br)n1CC(C)N. The lowest BCUT2D eigenvalue weighted by Crippen LogP contribution is -2.22. The van der Waals surface area contributed by atoms with E-state index in [0.717, 1.165) is 17.0 Å². The van der Waals surface area contributed by atoms with Crippen LogP contribution in [0, 0.1) is 6.92 Å². The zero-order chi connectivity index (χ0) is 8.43. The first-order valence-corrected chi connectivity index (χ1v) is 4.33. The normalized spacial score (nSPS) is 13.5. The van der Waals surface area contributed by atoms with Gasteiger partial charge in [-0.05, 0) is 29.8 Å². The second-order valence-corrected chi connectivity index (χ2v) is 3.53. The van der Waals surface area contributed by atoms with Gasteiger partial charge in [-0.3, -0.25) is 0 Å². The number of nitrogens with two attached hydrogens (primary N) is 1. The third kappa shape index (κ3) is 2.04. The van der Waals surface area contributed by atoms with Gasteiger partial charge >= 0.3 is 0 Å². The first-order chi connectivity index (χ1) is 5.11. The van der Waals surface area contributed by atoms with E-state index in [0.29, 0.717) is 0 Å². The lowest BCUT2D eigenvalue weighted by atomic mass is 10.3. The summed E-state index contributed by atoms with van der Waals surface area (Å²) in [5.74, 6) is 0.995. The van der Waals surface area contributed by atoms with Crippen LogP contribution in [0.2, 0.25) is 0 Å². The summed E-state index contributed by atoms with van der Waals surface area (Å²) in [6, 6.07) is 0.166. The van der Waals surface area contributed by atoms with Gasteiger partial charge in [-0.25, -0.2) is 4.98 Å². The van der Waals surface area contributed by atoms with Gasteiger partial charge in [0.25, 0.3) is 0 Å². The van der Waals surface area contributed by atoms with Crippen LogP contribution in [0.4, 0.5) is 0 Å². The zero-order valence-electron chi connectivity index (χ0n) is 6.71. The van der Waals surface area contributed by atoms with Gasteiger partial charge in [-0.2, -0.15) is 0 Å². The van der Waals surface area contributed by atoms with E-state index in [9.17, 15) is 0 Å². The summed E-state index contributed by atoms with van der Waals surface area (Å²) in [7, 11) is 0. The summed E-state index contributed by atoms with van der Waals surface area (Å²) in [6.45, 7) is 4.76. The van der Waals surface area contributed by atoms with Crippen molar-refractivity contribution < 1.29 is 0 Å². The maximum Gasteiger partial charge on any atom is 0.106 e. The highest BCUT2D eigenvalue weighted by Gasteiger charge is 2.04. The molecule has 0 aliphatic rings. The van der Waals surface area contributed by atoms with Gasteiger partial charge in [0.2, 0.25) is 0 Å². The molecule has 3 nitrogen and oxygen atoms in total. The van der Waals surface area contributed by atoms with Crippen molar-refractivity contribution in [2.75, 3.05) is 0 Å². The van der Waals surface area contributed by atoms with Crippen LogP contribution in [-0.2, 0) is 6.54 Å². The maximum absolute atomic E-state index is 5.65. The Morgan fingerprint density at radius 3 is 2.82 bits per heavy atom. The van der Waals surface area contributed by atoms with Gasteiger partial charge in [-0.1, -0.05) is 0 Å². The van der Waals surface area contributed by atoms with Crippen LogP contribution >= 0.6 is 15.9 Å². The van der Waals surface area contributed by atoms with E-state index in [2.05, 4.69) is 20.9 Å². The predicted octanol–water partition coefficient (Wildman–Crippen LogP) is 1.30. The van der Waals surface area contributed by atoms with E-state index in [-0.39, 0.29) is 6.04 Å². The van der Waals surface area contributed by atoms with Gasteiger partial charge in [0, 0.05) is 12.6 Å². The van der Waals surface area contributed by atoms with Crippen molar-refractivity contribution in [3.8, 4) is 0 Å². The van der Waals surface area contributed by atoms with Gasteiger partial charge in [-0.15, -0.1) is 0 Å². The van der Waals surface area contributed by atoms with E-state index in [1.54, 1.807) is 6.20 Å². The standard InChI is InChI=1S/C7H12BrN3/c1-5(9)4-11-6(2)10-3-7(11)8/h3,5H,4,9H2,1-2H3. The van der Waals surface area contributed by atoms with Crippen LogP contribution < -0.4 is 5.73 Å². The quantitative estimate of drug-likeness (QED) is 0.813. The van der Waals surface area contributed by atoms with E-state index in [1.807, 2.05) is 18.4 Å². The Labute approximate surface area is 74.7 Å². The Balaban J connectivity index is 2.83. The molecular formula is C7H12BrN3. The Kier molecular flexibility index (Phi) is 2.67. The van der Waals surface area contributed by atoms with Gasteiger partial charge < -0.3 is 10.3 Å². The number of rotatable bonds is 2. The van der Waals surface area contributed by atoms with Crippen molar-refractivity contribution in [2.45, 2.75) is 26.4 Å². The smallest absolute Gasteiger partial charge is 0.106 e. The molecule has 0 spiro atoms. The monoisotopic (exact) mass is 217 g/mol. The highest BCUT2D eigenvalue weighted by Crippen LogP contribution is 2.11. The fraction of sp³-hybridized carbons (Fsp3) is 0.571. The number of aryl methyl sites for hydroxylation is 1. The molecule has 0 saturated carbocycles. The Bertz CT molecular complexity index is 222. The largest absolute Gasteiger partial charge is 0.326 e. The summed E-state index contributed by atoms with van der Waals surface area (Å²) < 4.78 is 3.04. The fourth-order valence-electron chi connectivity index (χ4n) is 0.948. The minimum atomic E-state index is 0.166. The van der Waals surface area contributed by atoms with Crippen molar-refractivity contribution in [3.05, 3.63) is 16.6 Å². The van der Waals surface area contributed by atoms with Crippen molar-refractivity contribution in [1.82, 2.24) is 9.55 Å². The number of imidazole rings is 1. The number of nitrogens with zero attached hydrogens (tertiary/aromatic N) is 2. The van der Waals surface area contributed by atoms with Crippen LogP contribution in [0.15, 0.2) is 10.8 Å². The topological polar surface area (TPSA) is 43.8 Å². The second-order valence-electron chi connectivity index (χ2n) is 2.72. The van der Waals surface area contributed by atoms with E-state index < -0.39 is 0 Å². The molecule has 0 aromatic carbocycles. The van der Waals surface area contributed by atoms with E-state index in [1.165, 1.54) is 0 Å². The summed E-state index contributed by atoms with van der Waals surface area (Å²) in [6.07, 6.45) is 1.79. The van der Waals surface area contributed by atoms with Crippen LogP contribution in [0.1, 0.15) is 12.7 Å². The van der Waals surface area contributed by atoms with Crippen LogP contribution in [0.3, 0.4) is 0 Å². The van der Waals surface area contributed by atoms with E-state index in [4.69, 9.17) is 5.73 Å². The molecule has 0 aliphatic heterocycles. The minimum absolute atomic E-state index is 0.166. The summed E-state index contributed by atoms with van der Waals surface area (Å²) >= 11 is 3.39. The number of hydrogen-bond donors (Lipinski definition) is 1. The molecule has 1 aromatic rings. The van der Waals surface area contributed by atoms with Crippen LogP contribution in [-0.4, -0.2) is 15.6 Å². The minimum Gasteiger partial charge on any atom is -0.326 e. The average Bonchev–Trinajstić information content (AvgIpc) is 2.18. The number of aromatic nitrogens is 2. The van der Waals surface area contributed by atoms with Crippen LogP contribution in [0.25, 0.3) is 0 Å². The van der Waals surface area contributed by atoms with Gasteiger partial charge in [0.1, 0.15) is 10.4 Å². The molecule has 0 fully saturated rings. The lowest BCUT2D eigenvalue weighted by Gasteiger charge is -2.08. The molecule has 0 amide bonds. The summed E-state index contributed by atoms with van der Waals surface area (Å²) in [4.78, 5) is 4.13. The van der Waals surface area contributed by atoms with E-state index >= 15 is 0 Å². The molecule has 0 saturated heterocycles. The molecule has 1 unspecified atom stereocenters. The Morgan fingerprint density at radius 1 is 1.82 bits per heavy atom. The lowest BCUT2D eigenvalue weighted by molar-refractivity contribution is 0.569. The molecule has 0 aliphatic carbocycles. The van der Waals surface area contributed by atoms with Crippen molar-refractivity contribution in [2.24, 2.45) is 5.73 Å². The molecule has 2 N–H and O–H groups in total. The molecule has 0 radical (unpaired) electrons. The second kappa shape index (κ2) is 3.36. The van der Waals surface area contributed by atoms with Crippen molar-refractivity contribution in [3.63, 3.8) is 0 Å². The molecule has 4 heteroatoms. The van der Waals surface area contributed by atoms with Crippen molar-refractivity contribution in [1.29, 1.82) is 0 Å². The first-order valence-electron chi connectivity index (χ1n) is 3.54. The van der Waals surface area contributed by atoms with Crippen molar-refractivity contribution >= 4 is 15.9 Å². The third-order valence-corrected chi connectivity index (χ3v) is 2.11. The first kappa shape index (κ1) is 8.74. The summed E-state index contributed by atoms with van der Waals surface area (Å²) in [5.41, 5.74) is 5.65. The highest BCUT2D eigenvalue weighted by molar-refractivity contribution is 9.10. The number of hydrogen-bond acceptors (Lipinski definition) is 2. The molecule has 11 heavy (non-hydrogen) atoms.